The van der Waals surface area contributed by atoms with Gasteiger partial charge in [0, 0.05) is 29.2 Å². The third-order valence-electron chi connectivity index (χ3n) is 5.97. The predicted molar refractivity (Wildman–Crippen MR) is 121 cm³/mol. The molecular weight excluding hydrogens is 448 g/mol. The monoisotopic (exact) mass is 470 g/mol. The lowest BCUT2D eigenvalue weighted by atomic mass is 9.93. The highest BCUT2D eigenvalue weighted by Gasteiger charge is 2.39. The number of nitrogens with zero attached hydrogens (tertiary/aromatic N) is 1. The molecule has 2 aromatic carbocycles. The minimum Gasteiger partial charge on any atom is -0.394 e. The van der Waals surface area contributed by atoms with Gasteiger partial charge in [0.15, 0.2) is 0 Å². The lowest BCUT2D eigenvalue weighted by Gasteiger charge is -2.29. The maximum Gasteiger partial charge on any atom is 0.320 e. The van der Waals surface area contributed by atoms with Crippen molar-refractivity contribution in [2.24, 2.45) is 0 Å². The number of imide groups is 1. The summed E-state index contributed by atoms with van der Waals surface area (Å²) in [6, 6.07) is 10.4. The number of piperidine rings is 1. The highest BCUT2D eigenvalue weighted by molar-refractivity contribution is 6.30. The highest BCUT2D eigenvalue weighted by Crippen LogP contribution is 2.29. The minimum atomic E-state index is -1.04. The molecule has 0 aromatic heterocycles. The van der Waals surface area contributed by atoms with Crippen molar-refractivity contribution in [3.8, 4) is 0 Å². The highest BCUT2D eigenvalue weighted by atomic mass is 35.5. The zero-order valence-corrected chi connectivity index (χ0v) is 18.6. The number of fused-ring (bicyclic) bond motifs is 1. The van der Waals surface area contributed by atoms with Gasteiger partial charge >= 0.3 is 6.03 Å². The molecule has 9 nitrogen and oxygen atoms in total. The zero-order chi connectivity index (χ0) is 23.8. The molecule has 0 spiro atoms. The average Bonchev–Trinajstić information content (AvgIpc) is 3.09. The molecule has 33 heavy (non-hydrogen) atoms. The molecule has 4 N–H and O–H groups in total. The van der Waals surface area contributed by atoms with Crippen molar-refractivity contribution in [2.75, 3.05) is 11.9 Å². The molecule has 2 aliphatic rings. The average molecular weight is 471 g/mol. The van der Waals surface area contributed by atoms with Crippen molar-refractivity contribution in [1.29, 1.82) is 0 Å². The number of aliphatic hydroxyl groups excluding tert-OH is 1. The Morgan fingerprint density at radius 3 is 2.61 bits per heavy atom. The summed E-state index contributed by atoms with van der Waals surface area (Å²) in [6.07, 6.45) is 0.461. The SMILES string of the molecule is CC(CO)(NC(=O)Nc1ccc2c(c1)CN(C1CCC(=O)NC1=O)C2=O)c1ccc(Cl)cc1. The number of rotatable bonds is 5. The van der Waals surface area contributed by atoms with Crippen LogP contribution >= 0.6 is 11.6 Å². The van der Waals surface area contributed by atoms with E-state index in [0.29, 0.717) is 27.4 Å². The van der Waals surface area contributed by atoms with Crippen LogP contribution in [0.4, 0.5) is 10.5 Å². The molecule has 1 saturated heterocycles. The zero-order valence-electron chi connectivity index (χ0n) is 17.9. The first-order valence-electron chi connectivity index (χ1n) is 10.4. The summed E-state index contributed by atoms with van der Waals surface area (Å²) >= 11 is 5.92. The van der Waals surface area contributed by atoms with Crippen LogP contribution in [0, 0.1) is 0 Å². The van der Waals surface area contributed by atoms with E-state index in [1.54, 1.807) is 49.4 Å². The Kier molecular flexibility index (Phi) is 6.09. The maximum atomic E-state index is 12.8. The Morgan fingerprint density at radius 1 is 1.21 bits per heavy atom. The van der Waals surface area contributed by atoms with Gasteiger partial charge in [0.25, 0.3) is 5.91 Å². The van der Waals surface area contributed by atoms with Crippen molar-refractivity contribution in [3.63, 3.8) is 0 Å². The van der Waals surface area contributed by atoms with Gasteiger partial charge in [-0.25, -0.2) is 4.79 Å². The number of anilines is 1. The fourth-order valence-electron chi connectivity index (χ4n) is 4.09. The second-order valence-corrected chi connectivity index (χ2v) is 8.78. The van der Waals surface area contributed by atoms with E-state index in [1.807, 2.05) is 0 Å². The van der Waals surface area contributed by atoms with E-state index in [4.69, 9.17) is 11.6 Å². The first-order chi connectivity index (χ1) is 15.7. The Balaban J connectivity index is 1.45. The number of hydrogen-bond donors (Lipinski definition) is 4. The van der Waals surface area contributed by atoms with Crippen molar-refractivity contribution < 1.29 is 24.3 Å². The number of carbonyl (C=O) groups is 4. The number of nitrogens with one attached hydrogen (secondary N) is 3. The Morgan fingerprint density at radius 2 is 1.94 bits per heavy atom. The van der Waals surface area contributed by atoms with Crippen LogP contribution < -0.4 is 16.0 Å². The third-order valence-corrected chi connectivity index (χ3v) is 6.22. The fraction of sp³-hybridized carbons (Fsp3) is 0.304. The number of hydrogen-bond acceptors (Lipinski definition) is 5. The van der Waals surface area contributed by atoms with Gasteiger partial charge in [-0.2, -0.15) is 0 Å². The first-order valence-corrected chi connectivity index (χ1v) is 10.8. The molecular formula is C23H23ClN4O5. The number of carbonyl (C=O) groups excluding carboxylic acids is 4. The summed E-state index contributed by atoms with van der Waals surface area (Å²) < 4.78 is 0. The summed E-state index contributed by atoms with van der Waals surface area (Å²) in [6.45, 7) is 1.56. The molecule has 0 radical (unpaired) electrons. The molecule has 2 aliphatic heterocycles. The van der Waals surface area contributed by atoms with E-state index in [0.717, 1.165) is 0 Å². The normalized spacial score (nSPS) is 19.5. The topological polar surface area (TPSA) is 128 Å². The van der Waals surface area contributed by atoms with Crippen LogP contribution in [0.15, 0.2) is 42.5 Å². The van der Waals surface area contributed by atoms with Crippen molar-refractivity contribution in [3.05, 3.63) is 64.2 Å². The lowest BCUT2D eigenvalue weighted by molar-refractivity contribution is -0.136. The molecule has 172 valence electrons. The number of aliphatic hydroxyl groups is 1. The fourth-order valence-corrected chi connectivity index (χ4v) is 4.21. The van der Waals surface area contributed by atoms with E-state index in [2.05, 4.69) is 16.0 Å². The van der Waals surface area contributed by atoms with Crippen LogP contribution in [-0.2, 0) is 21.7 Å². The van der Waals surface area contributed by atoms with E-state index in [9.17, 15) is 24.3 Å². The summed E-state index contributed by atoms with van der Waals surface area (Å²) in [7, 11) is 0. The van der Waals surface area contributed by atoms with Gasteiger partial charge in [0.05, 0.1) is 12.1 Å². The van der Waals surface area contributed by atoms with Crippen LogP contribution in [-0.4, -0.2) is 46.4 Å². The molecule has 0 bridgehead atoms. The molecule has 0 saturated carbocycles. The Labute approximate surface area is 195 Å². The standard InChI is InChI=1S/C23H23ClN4O5/c1-23(12-29,14-2-4-15(24)5-3-14)27-22(33)25-16-6-7-17-13(10-16)11-28(21(17)32)18-8-9-19(30)26-20(18)31/h2-7,10,18,29H,8-9,11-12H2,1H3,(H2,25,27,33)(H,26,30,31). The van der Waals surface area contributed by atoms with Gasteiger partial charge in [-0.15, -0.1) is 0 Å². The van der Waals surface area contributed by atoms with Gasteiger partial charge in [-0.3, -0.25) is 19.7 Å². The first kappa shape index (κ1) is 22.8. The van der Waals surface area contributed by atoms with Crippen molar-refractivity contribution >= 4 is 41.0 Å². The number of urea groups is 1. The molecule has 10 heteroatoms. The number of halogens is 1. The molecule has 2 unspecified atom stereocenters. The quantitative estimate of drug-likeness (QED) is 0.498. The van der Waals surface area contributed by atoms with E-state index < -0.39 is 23.5 Å². The van der Waals surface area contributed by atoms with Gasteiger partial charge < -0.3 is 20.6 Å². The Bertz CT molecular complexity index is 1140. The van der Waals surface area contributed by atoms with E-state index >= 15 is 0 Å². The second kappa shape index (κ2) is 8.84. The van der Waals surface area contributed by atoms with Crippen LogP contribution in [0.1, 0.15) is 41.3 Å². The van der Waals surface area contributed by atoms with Crippen LogP contribution in [0.5, 0.6) is 0 Å². The number of benzene rings is 2. The van der Waals surface area contributed by atoms with Crippen molar-refractivity contribution in [1.82, 2.24) is 15.5 Å². The maximum absolute atomic E-state index is 12.8. The van der Waals surface area contributed by atoms with Crippen molar-refractivity contribution in [2.45, 2.75) is 37.9 Å². The smallest absolute Gasteiger partial charge is 0.320 e. The molecule has 2 aromatic rings. The summed E-state index contributed by atoms with van der Waals surface area (Å²) in [5.74, 6) is -1.10. The molecule has 2 heterocycles. The molecule has 1 fully saturated rings. The van der Waals surface area contributed by atoms with Gasteiger partial charge in [0.2, 0.25) is 11.8 Å². The minimum absolute atomic E-state index is 0.181. The van der Waals surface area contributed by atoms with E-state index in [-0.39, 0.29) is 37.8 Å². The lowest BCUT2D eigenvalue weighted by Crippen LogP contribution is -2.52. The number of amides is 5. The predicted octanol–water partition coefficient (Wildman–Crippen LogP) is 2.13. The Hall–Kier alpha value is -3.43. The second-order valence-electron chi connectivity index (χ2n) is 8.35. The van der Waals surface area contributed by atoms with Gasteiger partial charge in [-0.1, -0.05) is 23.7 Å². The largest absolute Gasteiger partial charge is 0.394 e. The van der Waals surface area contributed by atoms with Gasteiger partial charge in [0.1, 0.15) is 6.04 Å². The molecule has 2 atom stereocenters. The third kappa shape index (κ3) is 4.55. The summed E-state index contributed by atoms with van der Waals surface area (Å²) in [5.41, 5.74) is 1.23. The van der Waals surface area contributed by atoms with Gasteiger partial charge in [-0.05, 0) is 54.8 Å². The molecule has 5 amide bonds. The van der Waals surface area contributed by atoms with Crippen LogP contribution in [0.2, 0.25) is 5.02 Å². The van der Waals surface area contributed by atoms with E-state index in [1.165, 1.54) is 4.90 Å². The molecule has 0 aliphatic carbocycles. The van der Waals surface area contributed by atoms with Crippen LogP contribution in [0.3, 0.4) is 0 Å². The molecule has 4 rings (SSSR count). The van der Waals surface area contributed by atoms with Crippen LogP contribution in [0.25, 0.3) is 0 Å². The summed E-state index contributed by atoms with van der Waals surface area (Å²) in [4.78, 5) is 50.5. The summed E-state index contributed by atoms with van der Waals surface area (Å²) in [5, 5.41) is 18.2.